The first-order valence-electron chi connectivity index (χ1n) is 6.06. The van der Waals surface area contributed by atoms with E-state index in [-0.39, 0.29) is 20.3 Å². The predicted molar refractivity (Wildman–Crippen MR) is 75.9 cm³/mol. The van der Waals surface area contributed by atoms with Crippen molar-refractivity contribution < 1.29 is 4.79 Å². The van der Waals surface area contributed by atoms with Gasteiger partial charge in [-0.2, -0.15) is 0 Å². The zero-order valence-corrected chi connectivity index (χ0v) is 11.6. The van der Waals surface area contributed by atoms with Crippen LogP contribution in [0.3, 0.4) is 0 Å². The Kier molecular flexibility index (Phi) is 3.22. The first kappa shape index (κ1) is 11.6. The molecule has 0 atom stereocenters. The molecule has 1 aliphatic rings. The van der Waals surface area contributed by atoms with Crippen molar-refractivity contribution in [2.75, 3.05) is 0 Å². The van der Waals surface area contributed by atoms with Crippen LogP contribution in [0.2, 0.25) is 0 Å². The second-order valence-corrected chi connectivity index (χ2v) is 6.78. The zero-order chi connectivity index (χ0) is 12.4. The number of hydrogen-bond acceptors (Lipinski definition) is 1. The van der Waals surface area contributed by atoms with E-state index in [1.807, 2.05) is 36.4 Å². The van der Waals surface area contributed by atoms with Crippen LogP contribution in [0, 0.1) is 0 Å². The Morgan fingerprint density at radius 1 is 0.833 bits per heavy atom. The molecule has 0 unspecified atom stereocenters. The SMILES string of the molecule is O=C1C(=[Se+]c2ccccc2)CCc2ccccc21. The minimum absolute atomic E-state index is 0.172. The van der Waals surface area contributed by atoms with Crippen LogP contribution < -0.4 is 4.46 Å². The molecule has 18 heavy (non-hydrogen) atoms. The van der Waals surface area contributed by atoms with Crippen LogP contribution in [-0.2, 0) is 6.42 Å². The van der Waals surface area contributed by atoms with E-state index in [2.05, 4.69) is 18.2 Å². The molecule has 0 saturated carbocycles. The Bertz CT molecular complexity index is 614. The molecule has 0 radical (unpaired) electrons. The Hall–Kier alpha value is -1.50. The van der Waals surface area contributed by atoms with Gasteiger partial charge in [-0.05, 0) is 0 Å². The van der Waals surface area contributed by atoms with Gasteiger partial charge in [0.1, 0.15) is 0 Å². The van der Waals surface area contributed by atoms with E-state index in [0.717, 1.165) is 22.8 Å². The second kappa shape index (κ2) is 5.01. The molecule has 0 heterocycles. The summed E-state index contributed by atoms with van der Waals surface area (Å²) in [6, 6.07) is 18.3. The van der Waals surface area contributed by atoms with Crippen molar-refractivity contribution in [3.63, 3.8) is 0 Å². The molecule has 2 heteroatoms. The van der Waals surface area contributed by atoms with Gasteiger partial charge in [-0.1, -0.05) is 0 Å². The molecular weight excluding hydrogens is 287 g/mol. The van der Waals surface area contributed by atoms with Gasteiger partial charge in [0.2, 0.25) is 0 Å². The minimum atomic E-state index is 0.172. The van der Waals surface area contributed by atoms with Crippen LogP contribution in [-0.4, -0.2) is 24.7 Å². The van der Waals surface area contributed by atoms with E-state index in [1.54, 1.807) is 0 Å². The van der Waals surface area contributed by atoms with Crippen molar-refractivity contribution in [1.82, 2.24) is 0 Å². The molecule has 0 amide bonds. The van der Waals surface area contributed by atoms with Gasteiger partial charge in [0.15, 0.2) is 0 Å². The quantitative estimate of drug-likeness (QED) is 0.737. The maximum absolute atomic E-state index is 12.4. The normalized spacial score (nSPS) is 16.7. The number of carbonyl (C=O) groups is 1. The van der Waals surface area contributed by atoms with E-state index < -0.39 is 0 Å². The van der Waals surface area contributed by atoms with Gasteiger partial charge >= 0.3 is 113 Å². The summed E-state index contributed by atoms with van der Waals surface area (Å²) < 4.78 is 2.39. The van der Waals surface area contributed by atoms with E-state index in [4.69, 9.17) is 0 Å². The Labute approximate surface area is 113 Å². The third-order valence-corrected chi connectivity index (χ3v) is 5.52. The van der Waals surface area contributed by atoms with E-state index in [1.165, 1.54) is 10.0 Å². The van der Waals surface area contributed by atoms with Crippen LogP contribution >= 0.6 is 0 Å². The molecule has 0 saturated heterocycles. The molecule has 0 bridgehead atoms. The fourth-order valence-electron chi connectivity index (χ4n) is 2.20. The van der Waals surface area contributed by atoms with Crippen molar-refractivity contribution in [3.05, 3.63) is 65.7 Å². The molecule has 3 rings (SSSR count). The summed E-state index contributed by atoms with van der Waals surface area (Å²) in [5.74, 6) is 0.265. The average molecular weight is 300 g/mol. The average Bonchev–Trinajstić information content (AvgIpc) is 2.43. The number of carbonyl (C=O) groups excluding carboxylic acids is 1. The van der Waals surface area contributed by atoms with Crippen LogP contribution in [0.5, 0.6) is 0 Å². The van der Waals surface area contributed by atoms with E-state index in [9.17, 15) is 4.79 Å². The topological polar surface area (TPSA) is 17.1 Å². The van der Waals surface area contributed by atoms with Gasteiger partial charge in [-0.15, -0.1) is 0 Å². The Balaban J connectivity index is 1.98. The van der Waals surface area contributed by atoms with Gasteiger partial charge < -0.3 is 0 Å². The molecular formula is C16H13OSe+. The first-order valence-corrected chi connectivity index (χ1v) is 7.77. The maximum atomic E-state index is 12.4. The monoisotopic (exact) mass is 301 g/mol. The van der Waals surface area contributed by atoms with Crippen molar-refractivity contribution >= 4 is 29.2 Å². The number of aryl methyl sites for hydroxylation is 1. The Morgan fingerprint density at radius 3 is 2.39 bits per heavy atom. The summed E-state index contributed by atoms with van der Waals surface area (Å²) >= 11 is 0.172. The third-order valence-electron chi connectivity index (χ3n) is 3.12. The third kappa shape index (κ3) is 2.22. The summed E-state index contributed by atoms with van der Waals surface area (Å²) in [5, 5.41) is 0. The number of benzene rings is 2. The Morgan fingerprint density at radius 2 is 1.56 bits per heavy atom. The molecule has 2 aromatic carbocycles. The van der Waals surface area contributed by atoms with Crippen LogP contribution in [0.25, 0.3) is 0 Å². The van der Waals surface area contributed by atoms with Gasteiger partial charge in [0.25, 0.3) is 0 Å². The molecule has 0 aliphatic heterocycles. The van der Waals surface area contributed by atoms with E-state index in [0.29, 0.717) is 0 Å². The number of ketones is 1. The fraction of sp³-hybridized carbons (Fsp3) is 0.125. The van der Waals surface area contributed by atoms with Crippen molar-refractivity contribution in [2.24, 2.45) is 0 Å². The van der Waals surface area contributed by atoms with Crippen LogP contribution in [0.15, 0.2) is 54.6 Å². The molecule has 1 nitrogen and oxygen atoms in total. The molecule has 0 spiro atoms. The first-order chi connectivity index (χ1) is 8.84. The molecule has 2 aromatic rings. The summed E-state index contributed by atoms with van der Waals surface area (Å²) in [4.78, 5) is 12.4. The van der Waals surface area contributed by atoms with Crippen molar-refractivity contribution in [3.8, 4) is 0 Å². The number of rotatable bonds is 1. The standard InChI is InChI=1S/C16H13OSe/c17-16-14-9-5-4-6-12(14)10-11-15(16)18-13-7-2-1-3-8-13/h1-9H,10-11H2/q+1. The zero-order valence-electron chi connectivity index (χ0n) is 9.93. The van der Waals surface area contributed by atoms with Gasteiger partial charge in [-0.25, -0.2) is 0 Å². The number of fused-ring (bicyclic) bond motifs is 1. The van der Waals surface area contributed by atoms with Crippen molar-refractivity contribution in [1.29, 1.82) is 0 Å². The summed E-state index contributed by atoms with van der Waals surface area (Å²) in [7, 11) is 0. The van der Waals surface area contributed by atoms with Crippen LogP contribution in [0.1, 0.15) is 22.3 Å². The van der Waals surface area contributed by atoms with Crippen molar-refractivity contribution in [2.45, 2.75) is 12.8 Å². The van der Waals surface area contributed by atoms with E-state index >= 15 is 0 Å². The fourth-order valence-corrected chi connectivity index (χ4v) is 4.27. The summed E-state index contributed by atoms with van der Waals surface area (Å²) in [5.41, 5.74) is 2.12. The second-order valence-electron chi connectivity index (χ2n) is 4.32. The van der Waals surface area contributed by atoms with Gasteiger partial charge in [0, 0.05) is 0 Å². The van der Waals surface area contributed by atoms with Gasteiger partial charge in [-0.3, -0.25) is 0 Å². The van der Waals surface area contributed by atoms with Gasteiger partial charge in [0.05, 0.1) is 0 Å². The van der Waals surface area contributed by atoms with Crippen LogP contribution in [0.4, 0.5) is 0 Å². The molecule has 0 aromatic heterocycles. The summed E-state index contributed by atoms with van der Waals surface area (Å²) in [6.45, 7) is 0. The molecule has 0 fully saturated rings. The molecule has 88 valence electrons. The molecule has 0 N–H and O–H groups in total. The molecule has 1 aliphatic carbocycles. The predicted octanol–water partition coefficient (Wildman–Crippen LogP) is 2.02. The summed E-state index contributed by atoms with van der Waals surface area (Å²) in [6.07, 6.45) is 1.93. The number of Topliss-reactive ketones (excluding diaryl/α,β-unsaturated/α-hetero) is 1. The number of hydrogen-bond donors (Lipinski definition) is 0.